The molecule has 1 saturated heterocycles. The molecule has 13 heavy (non-hydrogen) atoms. The van der Waals surface area contributed by atoms with Crippen LogP contribution in [0.1, 0.15) is 12.5 Å². The Kier molecular flexibility index (Phi) is 2.67. The van der Waals surface area contributed by atoms with Gasteiger partial charge in [-0.15, -0.1) is 0 Å². The van der Waals surface area contributed by atoms with Crippen LogP contribution in [0, 0.1) is 5.92 Å². The Morgan fingerprint density at radius 2 is 2.46 bits per heavy atom. The highest BCUT2D eigenvalue weighted by molar-refractivity contribution is 7.07. The van der Waals surface area contributed by atoms with E-state index in [4.69, 9.17) is 0 Å². The van der Waals surface area contributed by atoms with Gasteiger partial charge in [-0.1, -0.05) is 6.92 Å². The molecule has 2 atom stereocenters. The van der Waals surface area contributed by atoms with Crippen molar-refractivity contribution < 1.29 is 5.11 Å². The van der Waals surface area contributed by atoms with E-state index in [1.54, 1.807) is 11.3 Å². The maximum Gasteiger partial charge on any atom is 0.0704 e. The van der Waals surface area contributed by atoms with Crippen LogP contribution in [0.25, 0.3) is 0 Å². The minimum absolute atomic E-state index is 0.126. The fraction of sp³-hybridized carbons (Fsp3) is 0.600. The topological polar surface area (TPSA) is 23.5 Å². The van der Waals surface area contributed by atoms with E-state index >= 15 is 0 Å². The van der Waals surface area contributed by atoms with Crippen molar-refractivity contribution in [2.24, 2.45) is 5.92 Å². The molecule has 2 nitrogen and oxygen atoms in total. The minimum atomic E-state index is -0.126. The van der Waals surface area contributed by atoms with Crippen LogP contribution in [0.2, 0.25) is 0 Å². The third kappa shape index (κ3) is 2.10. The molecule has 0 radical (unpaired) electrons. The molecule has 0 amide bonds. The van der Waals surface area contributed by atoms with E-state index in [9.17, 15) is 5.11 Å². The van der Waals surface area contributed by atoms with Gasteiger partial charge >= 0.3 is 0 Å². The first kappa shape index (κ1) is 9.19. The van der Waals surface area contributed by atoms with Crippen LogP contribution >= 0.6 is 11.3 Å². The second kappa shape index (κ2) is 3.78. The maximum atomic E-state index is 9.56. The van der Waals surface area contributed by atoms with Crippen molar-refractivity contribution in [1.82, 2.24) is 4.90 Å². The van der Waals surface area contributed by atoms with Gasteiger partial charge in [-0.05, 0) is 28.3 Å². The summed E-state index contributed by atoms with van der Waals surface area (Å²) in [6.45, 7) is 4.96. The van der Waals surface area contributed by atoms with E-state index in [1.807, 2.05) is 0 Å². The Bertz CT molecular complexity index is 250. The van der Waals surface area contributed by atoms with Gasteiger partial charge in [-0.2, -0.15) is 11.3 Å². The van der Waals surface area contributed by atoms with Gasteiger partial charge in [0.15, 0.2) is 0 Å². The molecule has 2 rings (SSSR count). The summed E-state index contributed by atoms with van der Waals surface area (Å²) in [7, 11) is 0. The molecule has 1 aliphatic heterocycles. The number of aliphatic hydroxyl groups excluding tert-OH is 1. The van der Waals surface area contributed by atoms with Crippen molar-refractivity contribution in [1.29, 1.82) is 0 Å². The highest BCUT2D eigenvalue weighted by Gasteiger charge is 2.27. The van der Waals surface area contributed by atoms with Crippen LogP contribution in [0.5, 0.6) is 0 Å². The largest absolute Gasteiger partial charge is 0.391 e. The summed E-state index contributed by atoms with van der Waals surface area (Å²) in [6, 6.07) is 2.15. The first-order chi connectivity index (χ1) is 6.25. The zero-order valence-electron chi connectivity index (χ0n) is 7.81. The molecule has 72 valence electrons. The molecule has 0 bridgehead atoms. The molecule has 2 heterocycles. The van der Waals surface area contributed by atoms with E-state index in [-0.39, 0.29) is 6.10 Å². The first-order valence-electron chi connectivity index (χ1n) is 4.67. The van der Waals surface area contributed by atoms with Crippen LogP contribution < -0.4 is 0 Å². The second-order valence-electron chi connectivity index (χ2n) is 3.87. The number of aliphatic hydroxyl groups is 1. The molecular weight excluding hydrogens is 182 g/mol. The van der Waals surface area contributed by atoms with Gasteiger partial charge in [-0.3, -0.25) is 4.90 Å². The molecule has 1 aliphatic rings. The summed E-state index contributed by atoms with van der Waals surface area (Å²) in [4.78, 5) is 2.32. The zero-order chi connectivity index (χ0) is 9.26. The SMILES string of the molecule is CC1CN(Cc2ccsc2)CC1O. The van der Waals surface area contributed by atoms with Crippen molar-refractivity contribution >= 4 is 11.3 Å². The Hall–Kier alpha value is -0.380. The molecule has 1 fully saturated rings. The van der Waals surface area contributed by atoms with Crippen LogP contribution in [-0.2, 0) is 6.54 Å². The average Bonchev–Trinajstić information content (AvgIpc) is 2.64. The lowest BCUT2D eigenvalue weighted by Gasteiger charge is -2.13. The number of rotatable bonds is 2. The van der Waals surface area contributed by atoms with Gasteiger partial charge < -0.3 is 5.11 Å². The quantitative estimate of drug-likeness (QED) is 0.777. The molecular formula is C10H15NOS. The van der Waals surface area contributed by atoms with E-state index in [0.717, 1.165) is 19.6 Å². The maximum absolute atomic E-state index is 9.56. The van der Waals surface area contributed by atoms with Crippen molar-refractivity contribution in [2.75, 3.05) is 13.1 Å². The number of hydrogen-bond donors (Lipinski definition) is 1. The highest BCUT2D eigenvalue weighted by Crippen LogP contribution is 2.19. The van der Waals surface area contributed by atoms with Gasteiger partial charge in [0.05, 0.1) is 6.10 Å². The molecule has 1 N–H and O–H groups in total. The van der Waals surface area contributed by atoms with Crippen LogP contribution in [-0.4, -0.2) is 29.2 Å². The van der Waals surface area contributed by atoms with Gasteiger partial charge in [-0.25, -0.2) is 0 Å². The summed E-state index contributed by atoms with van der Waals surface area (Å²) in [6.07, 6.45) is -0.126. The number of likely N-dealkylation sites (tertiary alicyclic amines) is 1. The van der Waals surface area contributed by atoms with E-state index in [1.165, 1.54) is 5.56 Å². The van der Waals surface area contributed by atoms with Crippen LogP contribution in [0.3, 0.4) is 0 Å². The summed E-state index contributed by atoms with van der Waals surface area (Å²) >= 11 is 1.74. The molecule has 0 aliphatic carbocycles. The van der Waals surface area contributed by atoms with Crippen molar-refractivity contribution in [3.8, 4) is 0 Å². The summed E-state index contributed by atoms with van der Waals surface area (Å²) < 4.78 is 0. The molecule has 0 spiro atoms. The summed E-state index contributed by atoms with van der Waals surface area (Å²) in [5, 5.41) is 13.8. The van der Waals surface area contributed by atoms with E-state index in [0.29, 0.717) is 5.92 Å². The highest BCUT2D eigenvalue weighted by atomic mass is 32.1. The van der Waals surface area contributed by atoms with Crippen molar-refractivity contribution in [2.45, 2.75) is 19.6 Å². The van der Waals surface area contributed by atoms with Gasteiger partial charge in [0.2, 0.25) is 0 Å². The zero-order valence-corrected chi connectivity index (χ0v) is 8.63. The van der Waals surface area contributed by atoms with Crippen LogP contribution in [0.15, 0.2) is 16.8 Å². The van der Waals surface area contributed by atoms with Crippen molar-refractivity contribution in [3.63, 3.8) is 0 Å². The third-order valence-electron chi connectivity index (χ3n) is 2.63. The Labute approximate surface area is 82.8 Å². The van der Waals surface area contributed by atoms with Gasteiger partial charge in [0.1, 0.15) is 0 Å². The molecule has 0 aromatic carbocycles. The molecule has 2 unspecified atom stereocenters. The number of hydrogen-bond acceptors (Lipinski definition) is 3. The first-order valence-corrected chi connectivity index (χ1v) is 5.61. The number of nitrogens with zero attached hydrogens (tertiary/aromatic N) is 1. The lowest BCUT2D eigenvalue weighted by atomic mass is 10.1. The Balaban J connectivity index is 1.91. The monoisotopic (exact) mass is 197 g/mol. The Morgan fingerprint density at radius 1 is 1.62 bits per heavy atom. The predicted molar refractivity (Wildman–Crippen MR) is 54.8 cm³/mol. The summed E-state index contributed by atoms with van der Waals surface area (Å²) in [5.74, 6) is 0.429. The molecule has 0 saturated carbocycles. The minimum Gasteiger partial charge on any atom is -0.391 e. The molecule has 3 heteroatoms. The summed E-state index contributed by atoms with van der Waals surface area (Å²) in [5.41, 5.74) is 1.37. The van der Waals surface area contributed by atoms with E-state index < -0.39 is 0 Å². The Morgan fingerprint density at radius 3 is 3.00 bits per heavy atom. The van der Waals surface area contributed by atoms with Crippen molar-refractivity contribution in [3.05, 3.63) is 22.4 Å². The smallest absolute Gasteiger partial charge is 0.0704 e. The number of thiophene rings is 1. The fourth-order valence-electron chi connectivity index (χ4n) is 1.82. The average molecular weight is 197 g/mol. The normalized spacial score (nSPS) is 29.7. The lowest BCUT2D eigenvalue weighted by Crippen LogP contribution is -2.21. The van der Waals surface area contributed by atoms with Gasteiger partial charge in [0, 0.05) is 19.6 Å². The fourth-order valence-corrected chi connectivity index (χ4v) is 2.48. The second-order valence-corrected chi connectivity index (χ2v) is 4.65. The third-order valence-corrected chi connectivity index (χ3v) is 3.37. The molecule has 1 aromatic heterocycles. The van der Waals surface area contributed by atoms with Gasteiger partial charge in [0.25, 0.3) is 0 Å². The standard InChI is InChI=1S/C10H15NOS/c1-8-4-11(6-10(8)12)5-9-2-3-13-7-9/h2-3,7-8,10,12H,4-6H2,1H3. The van der Waals surface area contributed by atoms with Crippen LogP contribution in [0.4, 0.5) is 0 Å². The van der Waals surface area contributed by atoms with E-state index in [2.05, 4.69) is 28.7 Å². The number of β-amino-alcohol motifs (C(OH)–C–C–N with tert-alkyl or cyclic N) is 1. The molecule has 1 aromatic rings. The lowest BCUT2D eigenvalue weighted by molar-refractivity contribution is 0.147. The predicted octanol–water partition coefficient (Wildman–Crippen LogP) is 1.56.